The number of Topliss-reactive ketones (excluding diaryl/α,β-unsaturated/α-hetero) is 1. The predicted molar refractivity (Wildman–Crippen MR) is 83.2 cm³/mol. The molecular formula is C17H26N2O. The summed E-state index contributed by atoms with van der Waals surface area (Å²) in [6.45, 7) is 6.72. The van der Waals surface area contributed by atoms with Crippen LogP contribution in [0.1, 0.15) is 36.5 Å². The molecule has 0 aromatic heterocycles. The highest BCUT2D eigenvalue weighted by atomic mass is 16.1. The third kappa shape index (κ3) is 4.15. The fourth-order valence-corrected chi connectivity index (χ4v) is 2.89. The van der Waals surface area contributed by atoms with E-state index < -0.39 is 0 Å². The summed E-state index contributed by atoms with van der Waals surface area (Å²) in [6.07, 6.45) is 2.83. The van der Waals surface area contributed by atoms with Crippen molar-refractivity contribution in [1.29, 1.82) is 0 Å². The van der Waals surface area contributed by atoms with Gasteiger partial charge in [-0.25, -0.2) is 0 Å². The van der Waals surface area contributed by atoms with Gasteiger partial charge in [0.05, 0.1) is 0 Å². The minimum absolute atomic E-state index is 0.270. The summed E-state index contributed by atoms with van der Waals surface area (Å²) in [5, 5.41) is 0. The van der Waals surface area contributed by atoms with Crippen LogP contribution in [0.25, 0.3) is 0 Å². The fraction of sp³-hybridized carbons (Fsp3) is 0.588. The van der Waals surface area contributed by atoms with Crippen LogP contribution in [0.3, 0.4) is 0 Å². The van der Waals surface area contributed by atoms with E-state index in [1.54, 1.807) is 0 Å². The molecule has 0 spiro atoms. The van der Waals surface area contributed by atoms with Gasteiger partial charge in [0, 0.05) is 37.7 Å². The van der Waals surface area contributed by atoms with Crippen LogP contribution in [0.5, 0.6) is 0 Å². The zero-order valence-electron chi connectivity index (χ0n) is 12.7. The molecule has 0 N–H and O–H groups in total. The Balaban J connectivity index is 1.72. The minimum atomic E-state index is 0.270. The zero-order valence-corrected chi connectivity index (χ0v) is 12.7. The molecule has 1 aromatic rings. The van der Waals surface area contributed by atoms with Crippen molar-refractivity contribution in [3.8, 4) is 0 Å². The number of ketones is 1. The third-order valence-corrected chi connectivity index (χ3v) is 4.31. The number of carbonyl (C=O) groups is 1. The maximum Gasteiger partial charge on any atom is 0.162 e. The lowest BCUT2D eigenvalue weighted by Crippen LogP contribution is -2.51. The maximum absolute atomic E-state index is 12.0. The minimum Gasteiger partial charge on any atom is -0.301 e. The highest BCUT2D eigenvalue weighted by Gasteiger charge is 2.22. The number of carbonyl (C=O) groups excluding carboxylic acids is 1. The van der Waals surface area contributed by atoms with E-state index in [0.717, 1.165) is 38.2 Å². The molecule has 0 radical (unpaired) electrons. The van der Waals surface area contributed by atoms with Crippen LogP contribution < -0.4 is 0 Å². The van der Waals surface area contributed by atoms with Crippen LogP contribution in [0.4, 0.5) is 0 Å². The fourth-order valence-electron chi connectivity index (χ4n) is 2.89. The van der Waals surface area contributed by atoms with Gasteiger partial charge in [-0.2, -0.15) is 0 Å². The second-order valence-electron chi connectivity index (χ2n) is 5.74. The molecule has 1 aromatic carbocycles. The highest BCUT2D eigenvalue weighted by Crippen LogP contribution is 2.12. The number of rotatable bonds is 6. The first-order valence-corrected chi connectivity index (χ1v) is 7.71. The molecule has 110 valence electrons. The normalized spacial score (nSPS) is 21.0. The molecular weight excluding hydrogens is 248 g/mol. The number of likely N-dealkylation sites (N-methyl/N-ethyl adjacent to an activating group) is 1. The van der Waals surface area contributed by atoms with Gasteiger partial charge in [-0.15, -0.1) is 0 Å². The molecule has 1 aliphatic heterocycles. The topological polar surface area (TPSA) is 23.6 Å². The average molecular weight is 274 g/mol. The number of benzene rings is 1. The van der Waals surface area contributed by atoms with E-state index in [1.807, 2.05) is 30.3 Å². The molecule has 1 unspecified atom stereocenters. The molecule has 0 amide bonds. The van der Waals surface area contributed by atoms with Crippen LogP contribution in [0.15, 0.2) is 30.3 Å². The second-order valence-corrected chi connectivity index (χ2v) is 5.74. The first-order chi connectivity index (χ1) is 9.70. The third-order valence-electron chi connectivity index (χ3n) is 4.31. The molecule has 1 aliphatic rings. The van der Waals surface area contributed by atoms with Crippen LogP contribution in [-0.2, 0) is 0 Å². The summed E-state index contributed by atoms with van der Waals surface area (Å²) < 4.78 is 0. The molecule has 3 heteroatoms. The van der Waals surface area contributed by atoms with Crippen LogP contribution in [-0.4, -0.2) is 54.9 Å². The Morgan fingerprint density at radius 3 is 2.70 bits per heavy atom. The van der Waals surface area contributed by atoms with E-state index in [4.69, 9.17) is 0 Å². The van der Waals surface area contributed by atoms with Gasteiger partial charge in [0.1, 0.15) is 0 Å². The highest BCUT2D eigenvalue weighted by molar-refractivity contribution is 5.95. The molecule has 1 atom stereocenters. The number of hydrogen-bond donors (Lipinski definition) is 0. The summed E-state index contributed by atoms with van der Waals surface area (Å²) in [6, 6.07) is 10.3. The van der Waals surface area contributed by atoms with Crippen molar-refractivity contribution in [3.63, 3.8) is 0 Å². The monoisotopic (exact) mass is 274 g/mol. The van der Waals surface area contributed by atoms with Gasteiger partial charge >= 0.3 is 0 Å². The second kappa shape index (κ2) is 7.55. The largest absolute Gasteiger partial charge is 0.301 e. The molecule has 0 aliphatic carbocycles. The van der Waals surface area contributed by atoms with Crippen LogP contribution in [0.2, 0.25) is 0 Å². The number of hydrogen-bond acceptors (Lipinski definition) is 3. The summed E-state index contributed by atoms with van der Waals surface area (Å²) >= 11 is 0. The Morgan fingerprint density at radius 2 is 2.00 bits per heavy atom. The van der Waals surface area contributed by atoms with Gasteiger partial charge in [0.15, 0.2) is 5.78 Å². The van der Waals surface area contributed by atoms with E-state index in [-0.39, 0.29) is 5.78 Å². The maximum atomic E-state index is 12.0. The van der Waals surface area contributed by atoms with Crippen molar-refractivity contribution in [2.45, 2.75) is 32.2 Å². The van der Waals surface area contributed by atoms with Gasteiger partial charge in [-0.05, 0) is 26.4 Å². The lowest BCUT2D eigenvalue weighted by Gasteiger charge is -2.39. The average Bonchev–Trinajstić information content (AvgIpc) is 2.49. The molecule has 3 nitrogen and oxygen atoms in total. The van der Waals surface area contributed by atoms with Gasteiger partial charge in [-0.1, -0.05) is 37.3 Å². The molecule has 1 saturated heterocycles. The van der Waals surface area contributed by atoms with Crippen LogP contribution in [0, 0.1) is 0 Å². The Kier molecular flexibility index (Phi) is 5.74. The summed E-state index contributed by atoms with van der Waals surface area (Å²) in [7, 11) is 2.21. The van der Waals surface area contributed by atoms with E-state index in [1.165, 1.54) is 6.42 Å². The van der Waals surface area contributed by atoms with Gasteiger partial charge < -0.3 is 9.80 Å². The van der Waals surface area contributed by atoms with E-state index >= 15 is 0 Å². The lowest BCUT2D eigenvalue weighted by atomic mass is 10.1. The summed E-state index contributed by atoms with van der Waals surface area (Å²) in [5.41, 5.74) is 0.845. The smallest absolute Gasteiger partial charge is 0.162 e. The zero-order chi connectivity index (χ0) is 14.4. The Morgan fingerprint density at radius 1 is 1.25 bits per heavy atom. The molecule has 0 saturated carbocycles. The Labute approximate surface area is 122 Å². The molecule has 1 fully saturated rings. The molecule has 2 rings (SSSR count). The van der Waals surface area contributed by atoms with Gasteiger partial charge in [0.2, 0.25) is 0 Å². The van der Waals surface area contributed by atoms with Crippen molar-refractivity contribution in [3.05, 3.63) is 35.9 Å². The first kappa shape index (κ1) is 15.2. The van der Waals surface area contributed by atoms with Crippen molar-refractivity contribution in [1.82, 2.24) is 9.80 Å². The van der Waals surface area contributed by atoms with E-state index in [2.05, 4.69) is 23.8 Å². The van der Waals surface area contributed by atoms with Gasteiger partial charge in [0.25, 0.3) is 0 Å². The number of piperazine rings is 1. The SMILES string of the molecule is CCC1CN(CCCC(=O)c2ccccc2)CCN1C. The quantitative estimate of drug-likeness (QED) is 0.745. The van der Waals surface area contributed by atoms with Gasteiger partial charge in [-0.3, -0.25) is 4.79 Å². The van der Waals surface area contributed by atoms with Crippen molar-refractivity contribution < 1.29 is 4.79 Å². The van der Waals surface area contributed by atoms with E-state index in [0.29, 0.717) is 12.5 Å². The summed E-state index contributed by atoms with van der Waals surface area (Å²) in [5.74, 6) is 0.270. The lowest BCUT2D eigenvalue weighted by molar-refractivity contribution is 0.0875. The Hall–Kier alpha value is -1.19. The molecule has 1 heterocycles. The first-order valence-electron chi connectivity index (χ1n) is 7.71. The van der Waals surface area contributed by atoms with Crippen molar-refractivity contribution in [2.24, 2.45) is 0 Å². The van der Waals surface area contributed by atoms with E-state index in [9.17, 15) is 4.79 Å². The standard InChI is InChI=1S/C17H26N2O/c1-3-16-14-19(13-12-18(16)2)11-7-10-17(20)15-8-5-4-6-9-15/h4-6,8-9,16H,3,7,10-14H2,1-2H3. The molecule has 20 heavy (non-hydrogen) atoms. The van der Waals surface area contributed by atoms with Crippen molar-refractivity contribution in [2.75, 3.05) is 33.2 Å². The molecule has 0 bridgehead atoms. The summed E-state index contributed by atoms with van der Waals surface area (Å²) in [4.78, 5) is 17.0. The van der Waals surface area contributed by atoms with Crippen molar-refractivity contribution >= 4 is 5.78 Å². The van der Waals surface area contributed by atoms with Crippen LogP contribution >= 0.6 is 0 Å². The Bertz CT molecular complexity index is 418. The predicted octanol–water partition coefficient (Wildman–Crippen LogP) is 2.68. The number of nitrogens with zero attached hydrogens (tertiary/aromatic N) is 2.